The van der Waals surface area contributed by atoms with Gasteiger partial charge in [0.2, 0.25) is 0 Å². The molecular weight excluding hydrogens is 210 g/mol. The SMILES string of the molecule is COC(=O)C1CCCN1S(=O)(=O)OC. The van der Waals surface area contributed by atoms with Gasteiger partial charge in [0.05, 0.1) is 14.2 Å². The first-order valence-corrected chi connectivity index (χ1v) is 5.54. The van der Waals surface area contributed by atoms with Gasteiger partial charge in [0.15, 0.2) is 0 Å². The van der Waals surface area contributed by atoms with Gasteiger partial charge in [-0.1, -0.05) is 0 Å². The normalized spacial score (nSPS) is 23.7. The standard InChI is InChI=1S/C7H13NO5S/c1-12-7(9)6-4-3-5-8(6)14(10,11)13-2/h6H,3-5H2,1-2H3. The molecule has 0 aromatic carbocycles. The number of ether oxygens (including phenoxy) is 1. The van der Waals surface area contributed by atoms with Crippen molar-refractivity contribution in [2.75, 3.05) is 20.8 Å². The molecule has 1 saturated heterocycles. The molecular formula is C7H13NO5S. The van der Waals surface area contributed by atoms with Gasteiger partial charge in [0, 0.05) is 6.54 Å². The highest BCUT2D eigenvalue weighted by Crippen LogP contribution is 2.22. The molecule has 0 aromatic heterocycles. The third-order valence-electron chi connectivity index (χ3n) is 2.17. The fourth-order valence-electron chi connectivity index (χ4n) is 1.48. The van der Waals surface area contributed by atoms with E-state index < -0.39 is 22.3 Å². The van der Waals surface area contributed by atoms with Gasteiger partial charge in [-0.2, -0.15) is 12.7 Å². The molecule has 0 amide bonds. The van der Waals surface area contributed by atoms with Crippen LogP contribution >= 0.6 is 0 Å². The highest BCUT2D eigenvalue weighted by molar-refractivity contribution is 7.84. The van der Waals surface area contributed by atoms with E-state index in [4.69, 9.17) is 0 Å². The first kappa shape index (κ1) is 11.4. The topological polar surface area (TPSA) is 72.9 Å². The van der Waals surface area contributed by atoms with Crippen LogP contribution in [0.1, 0.15) is 12.8 Å². The van der Waals surface area contributed by atoms with Crippen molar-refractivity contribution >= 4 is 16.3 Å². The maximum Gasteiger partial charge on any atom is 0.338 e. The number of methoxy groups -OCH3 is 1. The fourth-order valence-corrected chi connectivity index (χ4v) is 2.52. The van der Waals surface area contributed by atoms with Crippen molar-refractivity contribution in [3.63, 3.8) is 0 Å². The van der Waals surface area contributed by atoms with Crippen molar-refractivity contribution < 1.29 is 22.1 Å². The summed E-state index contributed by atoms with van der Waals surface area (Å²) in [6, 6.07) is -0.732. The van der Waals surface area contributed by atoms with Crippen LogP contribution in [0.5, 0.6) is 0 Å². The Balaban J connectivity index is 2.84. The summed E-state index contributed by atoms with van der Waals surface area (Å²) in [7, 11) is -1.46. The van der Waals surface area contributed by atoms with Crippen molar-refractivity contribution in [2.45, 2.75) is 18.9 Å². The molecule has 0 N–H and O–H groups in total. The summed E-state index contributed by atoms with van der Waals surface area (Å²) >= 11 is 0. The van der Waals surface area contributed by atoms with Crippen LogP contribution in [-0.4, -0.2) is 45.5 Å². The monoisotopic (exact) mass is 223 g/mol. The molecule has 14 heavy (non-hydrogen) atoms. The Hall–Kier alpha value is -0.660. The zero-order chi connectivity index (χ0) is 10.8. The predicted octanol–water partition coefficient (Wildman–Crippen LogP) is -0.485. The largest absolute Gasteiger partial charge is 0.468 e. The summed E-state index contributed by atoms with van der Waals surface area (Å²) in [5.74, 6) is -0.539. The highest BCUT2D eigenvalue weighted by Gasteiger charge is 2.39. The highest BCUT2D eigenvalue weighted by atomic mass is 32.2. The Morgan fingerprint density at radius 2 is 2.07 bits per heavy atom. The van der Waals surface area contributed by atoms with E-state index in [0.717, 1.165) is 11.4 Å². The average Bonchev–Trinajstić information content (AvgIpc) is 2.65. The number of rotatable bonds is 3. The smallest absolute Gasteiger partial charge is 0.338 e. The van der Waals surface area contributed by atoms with Crippen LogP contribution in [0.25, 0.3) is 0 Å². The van der Waals surface area contributed by atoms with Crippen molar-refractivity contribution in [3.05, 3.63) is 0 Å². The fraction of sp³-hybridized carbons (Fsp3) is 0.857. The number of hydrogen-bond donors (Lipinski definition) is 0. The summed E-state index contributed by atoms with van der Waals surface area (Å²) in [6.45, 7) is 0.302. The quantitative estimate of drug-likeness (QED) is 0.604. The maximum atomic E-state index is 11.3. The lowest BCUT2D eigenvalue weighted by Gasteiger charge is -2.19. The molecule has 1 fully saturated rings. The number of carbonyl (C=O) groups is 1. The summed E-state index contributed by atoms with van der Waals surface area (Å²) in [5.41, 5.74) is 0. The van der Waals surface area contributed by atoms with Gasteiger partial charge in [0.25, 0.3) is 0 Å². The molecule has 0 spiro atoms. The molecule has 1 unspecified atom stereocenters. The second-order valence-corrected chi connectivity index (χ2v) is 4.57. The van der Waals surface area contributed by atoms with E-state index >= 15 is 0 Å². The number of esters is 1. The van der Waals surface area contributed by atoms with Gasteiger partial charge in [-0.25, -0.2) is 0 Å². The summed E-state index contributed by atoms with van der Waals surface area (Å²) in [5, 5.41) is 0. The Morgan fingerprint density at radius 1 is 1.43 bits per heavy atom. The Labute approximate surface area is 83.0 Å². The van der Waals surface area contributed by atoms with Gasteiger partial charge in [-0.05, 0) is 12.8 Å². The van der Waals surface area contributed by atoms with E-state index in [9.17, 15) is 13.2 Å². The molecule has 1 rings (SSSR count). The van der Waals surface area contributed by atoms with Crippen LogP contribution in [0.4, 0.5) is 0 Å². The molecule has 1 heterocycles. The van der Waals surface area contributed by atoms with Crippen molar-refractivity contribution in [2.24, 2.45) is 0 Å². The van der Waals surface area contributed by atoms with Gasteiger partial charge in [-0.3, -0.25) is 8.98 Å². The Morgan fingerprint density at radius 3 is 2.57 bits per heavy atom. The molecule has 0 aromatic rings. The first-order valence-electron chi connectivity index (χ1n) is 4.18. The van der Waals surface area contributed by atoms with Crippen LogP contribution in [0.2, 0.25) is 0 Å². The van der Waals surface area contributed by atoms with Gasteiger partial charge in [0.1, 0.15) is 6.04 Å². The van der Waals surface area contributed by atoms with E-state index in [1.807, 2.05) is 0 Å². The minimum Gasteiger partial charge on any atom is -0.468 e. The molecule has 0 bridgehead atoms. The molecule has 82 valence electrons. The molecule has 1 atom stereocenters. The lowest BCUT2D eigenvalue weighted by atomic mass is 10.2. The van der Waals surface area contributed by atoms with Crippen molar-refractivity contribution in [1.29, 1.82) is 0 Å². The third-order valence-corrected chi connectivity index (χ3v) is 3.61. The Bertz CT molecular complexity index is 312. The maximum absolute atomic E-state index is 11.3. The molecule has 7 heteroatoms. The van der Waals surface area contributed by atoms with Crippen molar-refractivity contribution in [3.8, 4) is 0 Å². The Kier molecular flexibility index (Phi) is 3.46. The van der Waals surface area contributed by atoms with Crippen LogP contribution in [0, 0.1) is 0 Å². The minimum absolute atomic E-state index is 0.302. The third kappa shape index (κ3) is 2.05. The first-order chi connectivity index (χ1) is 6.53. The number of nitrogens with zero attached hydrogens (tertiary/aromatic N) is 1. The average molecular weight is 223 g/mol. The lowest BCUT2D eigenvalue weighted by molar-refractivity contribution is -0.144. The molecule has 0 radical (unpaired) electrons. The van der Waals surface area contributed by atoms with E-state index in [0.29, 0.717) is 19.4 Å². The van der Waals surface area contributed by atoms with Gasteiger partial charge in [-0.15, -0.1) is 0 Å². The zero-order valence-electron chi connectivity index (χ0n) is 8.10. The number of carbonyl (C=O) groups excluding carboxylic acids is 1. The van der Waals surface area contributed by atoms with Gasteiger partial charge < -0.3 is 4.74 Å². The second kappa shape index (κ2) is 4.24. The summed E-state index contributed by atoms with van der Waals surface area (Å²) < 4.78 is 32.5. The van der Waals surface area contributed by atoms with E-state index in [1.54, 1.807) is 0 Å². The van der Waals surface area contributed by atoms with E-state index in [-0.39, 0.29) is 0 Å². The van der Waals surface area contributed by atoms with Crippen molar-refractivity contribution in [1.82, 2.24) is 4.31 Å². The van der Waals surface area contributed by atoms with Crippen LogP contribution < -0.4 is 0 Å². The van der Waals surface area contributed by atoms with E-state index in [1.165, 1.54) is 7.11 Å². The predicted molar refractivity (Wildman–Crippen MR) is 47.7 cm³/mol. The summed E-state index contributed by atoms with van der Waals surface area (Å²) in [4.78, 5) is 11.2. The molecule has 6 nitrogen and oxygen atoms in total. The molecule has 1 aliphatic heterocycles. The molecule has 1 aliphatic rings. The summed E-state index contributed by atoms with van der Waals surface area (Å²) in [6.07, 6.45) is 1.12. The zero-order valence-corrected chi connectivity index (χ0v) is 8.91. The van der Waals surface area contributed by atoms with Gasteiger partial charge >= 0.3 is 16.3 Å². The van der Waals surface area contributed by atoms with Crippen LogP contribution in [0.15, 0.2) is 0 Å². The second-order valence-electron chi connectivity index (χ2n) is 2.92. The number of hydrogen-bond acceptors (Lipinski definition) is 5. The molecule has 0 aliphatic carbocycles. The van der Waals surface area contributed by atoms with Crippen LogP contribution in [0.3, 0.4) is 0 Å². The lowest BCUT2D eigenvalue weighted by Crippen LogP contribution is -2.41. The minimum atomic E-state index is -3.77. The molecule has 0 saturated carbocycles. The van der Waals surface area contributed by atoms with Crippen LogP contribution in [-0.2, 0) is 24.0 Å². The van der Waals surface area contributed by atoms with E-state index in [2.05, 4.69) is 8.92 Å².